The Morgan fingerprint density at radius 1 is 1.00 bits per heavy atom. The number of nitrogens with zero attached hydrogens (tertiary/aromatic N) is 1. The van der Waals surface area contributed by atoms with Crippen molar-refractivity contribution in [2.45, 2.75) is 44.2 Å². The predicted octanol–water partition coefficient (Wildman–Crippen LogP) is 4.11. The summed E-state index contributed by atoms with van der Waals surface area (Å²) in [5.74, 6) is 0.719. The smallest absolute Gasteiger partial charge is 0.258 e. The van der Waals surface area contributed by atoms with Crippen molar-refractivity contribution in [3.63, 3.8) is 0 Å². The first-order valence-corrected chi connectivity index (χ1v) is 10.0. The molecule has 3 atom stereocenters. The largest absolute Gasteiger partial charge is 0.496 e. The first kappa shape index (κ1) is 18.5. The van der Waals surface area contributed by atoms with Gasteiger partial charge in [0.2, 0.25) is 5.91 Å². The maximum absolute atomic E-state index is 13.5. The van der Waals surface area contributed by atoms with Gasteiger partial charge in [-0.1, -0.05) is 43.2 Å². The lowest BCUT2D eigenvalue weighted by Gasteiger charge is -2.34. The Balaban J connectivity index is 1.64. The van der Waals surface area contributed by atoms with Gasteiger partial charge >= 0.3 is 0 Å². The average molecular weight is 378 g/mol. The van der Waals surface area contributed by atoms with Crippen LogP contribution in [0.3, 0.4) is 0 Å². The van der Waals surface area contributed by atoms with Gasteiger partial charge in [-0.05, 0) is 49.4 Å². The maximum atomic E-state index is 13.5. The van der Waals surface area contributed by atoms with Gasteiger partial charge in [-0.2, -0.15) is 0 Å². The summed E-state index contributed by atoms with van der Waals surface area (Å²) in [6.45, 7) is 0. The van der Waals surface area contributed by atoms with E-state index < -0.39 is 6.04 Å². The highest BCUT2D eigenvalue weighted by atomic mass is 16.5. The molecule has 2 fully saturated rings. The quantitative estimate of drug-likeness (QED) is 0.871. The number of ether oxygens (including phenoxy) is 1. The van der Waals surface area contributed by atoms with E-state index in [0.29, 0.717) is 17.2 Å². The molecule has 0 unspecified atom stereocenters. The number of carbonyl (C=O) groups is 2. The van der Waals surface area contributed by atoms with Gasteiger partial charge in [-0.25, -0.2) is 0 Å². The lowest BCUT2D eigenvalue weighted by molar-refractivity contribution is -0.120. The van der Waals surface area contributed by atoms with Crippen molar-refractivity contribution in [2.75, 3.05) is 12.4 Å². The van der Waals surface area contributed by atoms with Gasteiger partial charge in [0, 0.05) is 11.7 Å². The van der Waals surface area contributed by atoms with E-state index in [2.05, 4.69) is 5.32 Å². The summed E-state index contributed by atoms with van der Waals surface area (Å²) in [5.41, 5.74) is 1.28. The van der Waals surface area contributed by atoms with Crippen molar-refractivity contribution in [3.05, 3.63) is 60.2 Å². The molecule has 0 spiro atoms. The second-order valence-corrected chi connectivity index (χ2v) is 7.63. The minimum Gasteiger partial charge on any atom is -0.496 e. The lowest BCUT2D eigenvalue weighted by Crippen LogP contribution is -2.47. The molecule has 2 aliphatic rings. The zero-order chi connectivity index (χ0) is 19.5. The van der Waals surface area contributed by atoms with Gasteiger partial charge in [0.05, 0.1) is 12.7 Å². The Kier molecular flexibility index (Phi) is 5.33. The molecule has 2 aromatic rings. The van der Waals surface area contributed by atoms with E-state index in [-0.39, 0.29) is 17.9 Å². The summed E-state index contributed by atoms with van der Waals surface area (Å²) in [7, 11) is 1.57. The SMILES string of the molecule is COc1ccccc1C(=O)N1[C@H](C(=O)Nc2ccccc2)C[C@H]2CCCC[C@@H]21. The van der Waals surface area contributed by atoms with Gasteiger partial charge < -0.3 is 15.0 Å². The zero-order valence-electron chi connectivity index (χ0n) is 16.1. The standard InChI is InChI=1S/C23H26N2O3/c1-28-21-14-8-6-12-18(21)23(27)25-19-13-7-5-9-16(19)15-20(25)22(26)24-17-10-3-2-4-11-17/h2-4,6,8,10-12,14,16,19-20H,5,7,9,13,15H2,1H3,(H,24,26)/t16-,19+,20+/m1/s1. The summed E-state index contributed by atoms with van der Waals surface area (Å²) < 4.78 is 5.41. The highest BCUT2D eigenvalue weighted by Crippen LogP contribution is 2.41. The van der Waals surface area contributed by atoms with Crippen molar-refractivity contribution >= 4 is 17.5 Å². The molecule has 146 valence electrons. The van der Waals surface area contributed by atoms with Crippen LogP contribution >= 0.6 is 0 Å². The first-order chi connectivity index (χ1) is 13.7. The van der Waals surface area contributed by atoms with Crippen LogP contribution in [0.15, 0.2) is 54.6 Å². The third-order valence-electron chi connectivity index (χ3n) is 6.00. The number of para-hydroxylation sites is 2. The Morgan fingerprint density at radius 3 is 2.50 bits per heavy atom. The second-order valence-electron chi connectivity index (χ2n) is 7.63. The number of amides is 2. The minimum absolute atomic E-state index is 0.108. The van der Waals surface area contributed by atoms with Crippen LogP contribution < -0.4 is 10.1 Å². The molecular formula is C23H26N2O3. The normalized spacial score (nSPS) is 23.8. The van der Waals surface area contributed by atoms with E-state index >= 15 is 0 Å². The third-order valence-corrected chi connectivity index (χ3v) is 6.00. The average Bonchev–Trinajstić information content (AvgIpc) is 3.13. The molecule has 4 rings (SSSR count). The molecule has 5 heteroatoms. The van der Waals surface area contributed by atoms with E-state index in [1.165, 1.54) is 6.42 Å². The van der Waals surface area contributed by atoms with E-state index in [4.69, 9.17) is 4.74 Å². The number of anilines is 1. The highest BCUT2D eigenvalue weighted by Gasteiger charge is 2.47. The Morgan fingerprint density at radius 2 is 1.71 bits per heavy atom. The number of hydrogen-bond donors (Lipinski definition) is 1. The first-order valence-electron chi connectivity index (χ1n) is 10.0. The Labute approximate surface area is 165 Å². The summed E-state index contributed by atoms with van der Waals surface area (Å²) in [6.07, 6.45) is 5.04. The molecule has 0 aromatic heterocycles. The van der Waals surface area contributed by atoms with Crippen LogP contribution in [-0.2, 0) is 4.79 Å². The topological polar surface area (TPSA) is 58.6 Å². The zero-order valence-corrected chi connectivity index (χ0v) is 16.1. The molecule has 28 heavy (non-hydrogen) atoms. The number of nitrogens with one attached hydrogen (secondary N) is 1. The molecule has 1 saturated carbocycles. The second kappa shape index (κ2) is 8.05. The van der Waals surface area contributed by atoms with Crippen molar-refractivity contribution < 1.29 is 14.3 Å². The fourth-order valence-electron chi connectivity index (χ4n) is 4.69. The van der Waals surface area contributed by atoms with Gasteiger partial charge in [0.1, 0.15) is 11.8 Å². The number of carbonyl (C=O) groups excluding carboxylic acids is 2. The number of benzene rings is 2. The molecule has 1 heterocycles. The van der Waals surface area contributed by atoms with Crippen molar-refractivity contribution in [1.82, 2.24) is 4.90 Å². The molecular weight excluding hydrogens is 352 g/mol. The number of hydrogen-bond acceptors (Lipinski definition) is 3. The Bertz CT molecular complexity index is 852. The van der Waals surface area contributed by atoms with Crippen LogP contribution in [0, 0.1) is 5.92 Å². The molecule has 1 saturated heterocycles. The van der Waals surface area contributed by atoms with Gasteiger partial charge in [0.15, 0.2) is 0 Å². The van der Waals surface area contributed by atoms with Crippen LogP contribution in [0.2, 0.25) is 0 Å². The van der Waals surface area contributed by atoms with Crippen LogP contribution in [0.1, 0.15) is 42.5 Å². The molecule has 0 bridgehead atoms. The van der Waals surface area contributed by atoms with Gasteiger partial charge in [-0.3, -0.25) is 9.59 Å². The van der Waals surface area contributed by atoms with Crippen molar-refractivity contribution in [3.8, 4) is 5.75 Å². The molecule has 1 aliphatic carbocycles. The number of rotatable bonds is 4. The molecule has 5 nitrogen and oxygen atoms in total. The number of fused-ring (bicyclic) bond motifs is 1. The van der Waals surface area contributed by atoms with Gasteiger partial charge in [-0.15, -0.1) is 0 Å². The van der Waals surface area contributed by atoms with E-state index in [1.807, 2.05) is 47.4 Å². The summed E-state index contributed by atoms with van der Waals surface area (Å²) >= 11 is 0. The highest BCUT2D eigenvalue weighted by molar-refractivity contribution is 6.03. The van der Waals surface area contributed by atoms with E-state index in [9.17, 15) is 9.59 Å². The van der Waals surface area contributed by atoms with Crippen LogP contribution in [0.5, 0.6) is 5.75 Å². The lowest BCUT2D eigenvalue weighted by atomic mass is 9.84. The molecule has 2 aromatic carbocycles. The fourth-order valence-corrected chi connectivity index (χ4v) is 4.69. The minimum atomic E-state index is -0.453. The van der Waals surface area contributed by atoms with Crippen LogP contribution in [-0.4, -0.2) is 35.9 Å². The number of methoxy groups -OCH3 is 1. The molecule has 2 amide bonds. The van der Waals surface area contributed by atoms with Crippen molar-refractivity contribution in [2.24, 2.45) is 5.92 Å². The monoisotopic (exact) mass is 378 g/mol. The maximum Gasteiger partial charge on any atom is 0.258 e. The van der Waals surface area contributed by atoms with Crippen molar-refractivity contribution in [1.29, 1.82) is 0 Å². The molecule has 1 N–H and O–H groups in total. The number of likely N-dealkylation sites (tertiary alicyclic amines) is 1. The summed E-state index contributed by atoms with van der Waals surface area (Å²) in [4.78, 5) is 28.5. The fraction of sp³-hybridized carbons (Fsp3) is 0.391. The third kappa shape index (κ3) is 3.49. The predicted molar refractivity (Wildman–Crippen MR) is 108 cm³/mol. The van der Waals surface area contributed by atoms with E-state index in [1.54, 1.807) is 19.2 Å². The summed E-state index contributed by atoms with van der Waals surface area (Å²) in [5, 5.41) is 2.99. The Hall–Kier alpha value is -2.82. The summed E-state index contributed by atoms with van der Waals surface area (Å²) in [6, 6.07) is 16.4. The molecule has 1 aliphatic heterocycles. The van der Waals surface area contributed by atoms with E-state index in [0.717, 1.165) is 31.4 Å². The van der Waals surface area contributed by atoms with Crippen LogP contribution in [0.4, 0.5) is 5.69 Å². The molecule has 0 radical (unpaired) electrons. The van der Waals surface area contributed by atoms with Crippen LogP contribution in [0.25, 0.3) is 0 Å². The van der Waals surface area contributed by atoms with Gasteiger partial charge in [0.25, 0.3) is 5.91 Å².